The highest BCUT2D eigenvalue weighted by molar-refractivity contribution is 5.87. The van der Waals surface area contributed by atoms with E-state index < -0.39 is 17.3 Å². The molecule has 38 heavy (non-hydrogen) atoms. The van der Waals surface area contributed by atoms with E-state index in [2.05, 4.69) is 20.8 Å². The van der Waals surface area contributed by atoms with Crippen molar-refractivity contribution < 1.29 is 22.8 Å². The molecule has 0 aliphatic rings. The van der Waals surface area contributed by atoms with Gasteiger partial charge in [0.15, 0.2) is 17.2 Å². The van der Waals surface area contributed by atoms with E-state index in [0.717, 1.165) is 30.2 Å². The largest absolute Gasteiger partial charge is 0.416 e. The number of halogens is 3. The minimum atomic E-state index is -4.58. The third-order valence-electron chi connectivity index (χ3n) is 5.46. The molecule has 0 saturated heterocycles. The van der Waals surface area contributed by atoms with Crippen LogP contribution in [0.5, 0.6) is 0 Å². The van der Waals surface area contributed by atoms with E-state index in [1.54, 1.807) is 0 Å². The summed E-state index contributed by atoms with van der Waals surface area (Å²) in [5, 5.41) is 17.7. The number of alkyl halides is 3. The summed E-state index contributed by atoms with van der Waals surface area (Å²) in [7, 11) is 1.00. The van der Waals surface area contributed by atoms with Crippen LogP contribution in [0.1, 0.15) is 25.0 Å². The summed E-state index contributed by atoms with van der Waals surface area (Å²) in [6.45, 7) is 4.69. The first kappa shape index (κ1) is 28.5. The van der Waals surface area contributed by atoms with Crippen LogP contribution in [0.4, 0.5) is 30.5 Å². The molecule has 2 heterocycles. The first-order valence-corrected chi connectivity index (χ1v) is 11.7. The maximum absolute atomic E-state index is 13.4. The van der Waals surface area contributed by atoms with Crippen LogP contribution in [0.3, 0.4) is 0 Å². The van der Waals surface area contributed by atoms with Gasteiger partial charge >= 0.3 is 6.18 Å². The molecule has 0 atom stereocenters. The van der Waals surface area contributed by atoms with Crippen molar-refractivity contribution in [3.8, 4) is 11.3 Å². The second kappa shape index (κ2) is 12.0. The average molecular weight is 534 g/mol. The number of hydrogen-bond donors (Lipinski definition) is 5. The summed E-state index contributed by atoms with van der Waals surface area (Å²) in [5.74, 6) is 0.428. The predicted molar refractivity (Wildman–Crippen MR) is 140 cm³/mol. The number of aliphatic hydroxyl groups excluding tert-OH is 1. The highest BCUT2D eigenvalue weighted by atomic mass is 19.4. The van der Waals surface area contributed by atoms with E-state index in [9.17, 15) is 18.0 Å². The molecule has 7 N–H and O–H groups in total. The topological polar surface area (TPSA) is 157 Å². The number of aliphatic hydroxyl groups is 1. The van der Waals surface area contributed by atoms with Crippen LogP contribution < -0.4 is 27.7 Å². The lowest BCUT2D eigenvalue weighted by molar-refractivity contribution is -0.137. The van der Waals surface area contributed by atoms with Gasteiger partial charge in [-0.15, -0.1) is 0 Å². The summed E-state index contributed by atoms with van der Waals surface area (Å²) in [5.41, 5.74) is 11.9. The summed E-state index contributed by atoms with van der Waals surface area (Å²) < 4.78 is 46.7. The fourth-order valence-electron chi connectivity index (χ4n) is 3.81. The van der Waals surface area contributed by atoms with Gasteiger partial charge in [0.1, 0.15) is 0 Å². The van der Waals surface area contributed by atoms with Crippen molar-refractivity contribution in [3.05, 3.63) is 64.1 Å². The highest BCUT2D eigenvalue weighted by Crippen LogP contribution is 2.34. The minimum absolute atomic E-state index is 0.0631. The fourth-order valence-corrected chi connectivity index (χ4v) is 3.81. The van der Waals surface area contributed by atoms with E-state index >= 15 is 0 Å². The van der Waals surface area contributed by atoms with Gasteiger partial charge in [0.05, 0.1) is 22.8 Å². The molecule has 0 amide bonds. The molecule has 0 aliphatic carbocycles. The van der Waals surface area contributed by atoms with E-state index in [4.69, 9.17) is 21.1 Å². The number of nitrogens with zero attached hydrogens (tertiary/aromatic N) is 3. The Balaban J connectivity index is 0.00000195. The zero-order chi connectivity index (χ0) is 28.0. The van der Waals surface area contributed by atoms with Crippen LogP contribution in [-0.4, -0.2) is 39.5 Å². The van der Waals surface area contributed by atoms with Gasteiger partial charge in [-0.1, -0.05) is 11.2 Å². The minimum Gasteiger partial charge on any atom is -0.400 e. The van der Waals surface area contributed by atoms with E-state index in [1.165, 1.54) is 16.8 Å². The van der Waals surface area contributed by atoms with Crippen LogP contribution in [0.25, 0.3) is 22.2 Å². The molecule has 0 aliphatic heterocycles. The number of fused-ring (bicyclic) bond motifs is 1. The lowest BCUT2D eigenvalue weighted by Gasteiger charge is -2.18. The van der Waals surface area contributed by atoms with E-state index in [-0.39, 0.29) is 35.3 Å². The maximum Gasteiger partial charge on any atom is 0.416 e. The molecule has 0 saturated carbocycles. The molecule has 4 rings (SSSR count). The first-order chi connectivity index (χ1) is 18.0. The Morgan fingerprint density at radius 2 is 1.87 bits per heavy atom. The van der Waals surface area contributed by atoms with Crippen molar-refractivity contribution in [2.75, 3.05) is 30.4 Å². The van der Waals surface area contributed by atoms with Crippen molar-refractivity contribution >= 4 is 28.3 Å². The molecular weight excluding hydrogens is 503 g/mol. The van der Waals surface area contributed by atoms with Crippen molar-refractivity contribution in [1.82, 2.24) is 20.0 Å². The molecule has 0 radical (unpaired) electrons. The Labute approximate surface area is 216 Å². The third kappa shape index (κ3) is 6.61. The van der Waals surface area contributed by atoms with E-state index in [1.807, 2.05) is 32.0 Å². The normalized spacial score (nSPS) is 11.5. The van der Waals surface area contributed by atoms with Crippen LogP contribution in [0, 0.1) is 0 Å². The fraction of sp³-hybridized carbons (Fsp3) is 0.320. The molecule has 0 bridgehead atoms. The summed E-state index contributed by atoms with van der Waals surface area (Å²) in [4.78, 5) is 17.4. The van der Waals surface area contributed by atoms with Gasteiger partial charge in [-0.25, -0.2) is 4.98 Å². The van der Waals surface area contributed by atoms with Crippen LogP contribution in [-0.2, 0) is 19.3 Å². The number of nitrogen functional groups attached to an aromatic ring is 2. The van der Waals surface area contributed by atoms with Crippen molar-refractivity contribution in [2.45, 2.75) is 39.2 Å². The molecule has 0 spiro atoms. The standard InChI is InChI=1S/C24H26F3N7O2.CH4O/c1-13(2)32-22-23(35)34(6-5-30-11-14-3-4-18-20(7-14)36-33-21(18)29)19(12-31-22)15-8-16(24(25,26)27)10-17(28)9-15;1-2/h3-4,7-10,12-13,30H,5-6,11,28H2,1-2H3,(H2,29,33)(H,31,32);2H,1H3. The first-order valence-electron chi connectivity index (χ1n) is 11.7. The molecule has 13 heteroatoms. The zero-order valence-electron chi connectivity index (χ0n) is 21.1. The number of benzene rings is 2. The van der Waals surface area contributed by atoms with Crippen molar-refractivity contribution in [2.24, 2.45) is 0 Å². The third-order valence-corrected chi connectivity index (χ3v) is 5.46. The lowest BCUT2D eigenvalue weighted by atomic mass is 10.1. The highest BCUT2D eigenvalue weighted by Gasteiger charge is 2.31. The number of hydrogen-bond acceptors (Lipinski definition) is 9. The Kier molecular flexibility index (Phi) is 8.96. The number of aromatic nitrogens is 3. The van der Waals surface area contributed by atoms with Gasteiger partial charge < -0.3 is 36.3 Å². The van der Waals surface area contributed by atoms with Gasteiger partial charge in [-0.3, -0.25) is 4.79 Å². The van der Waals surface area contributed by atoms with Crippen LogP contribution >= 0.6 is 0 Å². The van der Waals surface area contributed by atoms with E-state index in [0.29, 0.717) is 24.5 Å². The van der Waals surface area contributed by atoms with Gasteiger partial charge in [0, 0.05) is 44.0 Å². The van der Waals surface area contributed by atoms with Crippen LogP contribution in [0.15, 0.2) is 51.9 Å². The molecule has 0 unspecified atom stereocenters. The second-order valence-corrected chi connectivity index (χ2v) is 8.66. The lowest BCUT2D eigenvalue weighted by Crippen LogP contribution is -2.31. The Hall–Kier alpha value is -4.10. The molecule has 10 nitrogen and oxygen atoms in total. The molecule has 204 valence electrons. The van der Waals surface area contributed by atoms with Gasteiger partial charge in [0.2, 0.25) is 0 Å². The van der Waals surface area contributed by atoms with Gasteiger partial charge in [-0.2, -0.15) is 13.2 Å². The van der Waals surface area contributed by atoms with Crippen molar-refractivity contribution in [3.63, 3.8) is 0 Å². The quantitative estimate of drug-likeness (QED) is 0.169. The SMILES string of the molecule is CC(C)Nc1ncc(-c2cc(N)cc(C(F)(F)F)c2)n(CCNCc2ccc3c(N)noc3c2)c1=O.CO. The number of nitrogens with one attached hydrogen (secondary N) is 2. The monoisotopic (exact) mass is 533 g/mol. The van der Waals surface area contributed by atoms with Gasteiger partial charge in [-0.05, 0) is 49.7 Å². The smallest absolute Gasteiger partial charge is 0.400 e. The summed E-state index contributed by atoms with van der Waals surface area (Å²) in [6, 6.07) is 8.65. The molecule has 2 aromatic heterocycles. The number of rotatable bonds is 8. The predicted octanol–water partition coefficient (Wildman–Crippen LogP) is 3.45. The summed E-state index contributed by atoms with van der Waals surface area (Å²) in [6.07, 6.45) is -3.21. The average Bonchev–Trinajstić information content (AvgIpc) is 3.23. The Morgan fingerprint density at radius 3 is 2.55 bits per heavy atom. The van der Waals surface area contributed by atoms with Crippen molar-refractivity contribution in [1.29, 1.82) is 0 Å². The zero-order valence-corrected chi connectivity index (χ0v) is 21.1. The molecule has 0 fully saturated rings. The Morgan fingerprint density at radius 1 is 1.13 bits per heavy atom. The Bertz CT molecular complexity index is 1450. The molecule has 2 aromatic carbocycles. The molecular formula is C25H30F3N7O3. The van der Waals surface area contributed by atoms with Gasteiger partial charge in [0.25, 0.3) is 5.56 Å². The maximum atomic E-state index is 13.4. The summed E-state index contributed by atoms with van der Waals surface area (Å²) >= 11 is 0. The van der Waals surface area contributed by atoms with Crippen LogP contribution in [0.2, 0.25) is 0 Å². The molecule has 4 aromatic rings. The second-order valence-electron chi connectivity index (χ2n) is 8.66. The number of anilines is 3. The number of nitrogens with two attached hydrogens (primary N) is 2.